The number of amides is 2. The van der Waals surface area contributed by atoms with Crippen LogP contribution < -0.4 is 10.6 Å². The number of nitrogens with one attached hydrogen (secondary N) is 2. The van der Waals surface area contributed by atoms with Crippen LogP contribution in [0.15, 0.2) is 54.6 Å². The van der Waals surface area contributed by atoms with Gasteiger partial charge in [0.2, 0.25) is 5.91 Å². The maximum absolute atomic E-state index is 12.7. The van der Waals surface area contributed by atoms with Crippen molar-refractivity contribution in [3.05, 3.63) is 76.2 Å². The molecule has 0 saturated carbocycles. The number of anilines is 1. The molecule has 8 nitrogen and oxygen atoms in total. The molecule has 3 aromatic rings. The number of aryl methyl sites for hydroxylation is 1. The Bertz CT molecular complexity index is 1220. The Hall–Kier alpha value is -3.98. The van der Waals surface area contributed by atoms with Crippen LogP contribution in [-0.2, 0) is 14.3 Å². The van der Waals surface area contributed by atoms with Crippen LogP contribution in [0.25, 0.3) is 11.1 Å². The van der Waals surface area contributed by atoms with Crippen molar-refractivity contribution in [3.8, 4) is 11.1 Å². The van der Waals surface area contributed by atoms with E-state index >= 15 is 0 Å². The summed E-state index contributed by atoms with van der Waals surface area (Å²) in [5, 5.41) is 14.4. The van der Waals surface area contributed by atoms with Gasteiger partial charge in [-0.15, -0.1) is 11.3 Å². The number of aldehydes is 1. The summed E-state index contributed by atoms with van der Waals surface area (Å²) in [7, 11) is 0. The maximum atomic E-state index is 12.7. The highest BCUT2D eigenvalue weighted by molar-refractivity contribution is 7.16. The van der Waals surface area contributed by atoms with E-state index in [2.05, 4.69) is 10.6 Å². The van der Waals surface area contributed by atoms with Crippen LogP contribution in [0.3, 0.4) is 0 Å². The molecule has 1 aliphatic carbocycles. The lowest BCUT2D eigenvalue weighted by Gasteiger charge is -2.18. The highest BCUT2D eigenvalue weighted by Gasteiger charge is 2.30. The molecule has 1 aliphatic rings. The number of carbonyl (C=O) groups excluding carboxylic acids is 3. The normalized spacial score (nSPS) is 12.9. The average molecular weight is 479 g/mol. The molecule has 0 bridgehead atoms. The highest BCUT2D eigenvalue weighted by atomic mass is 32.1. The van der Waals surface area contributed by atoms with Crippen LogP contribution in [0.4, 0.5) is 9.80 Å². The van der Waals surface area contributed by atoms with E-state index in [4.69, 9.17) is 4.74 Å². The molecule has 1 unspecified atom stereocenters. The van der Waals surface area contributed by atoms with Gasteiger partial charge in [0.1, 0.15) is 17.6 Å². The number of thiophene rings is 1. The fraction of sp³-hybridized carbons (Fsp3) is 0.200. The zero-order valence-electron chi connectivity index (χ0n) is 18.2. The largest absolute Gasteiger partial charge is 0.481 e. The lowest BCUT2D eigenvalue weighted by Crippen LogP contribution is -2.45. The van der Waals surface area contributed by atoms with Crippen LogP contribution in [0.1, 0.15) is 38.7 Å². The summed E-state index contributed by atoms with van der Waals surface area (Å²) in [5.74, 6) is -2.19. The van der Waals surface area contributed by atoms with Gasteiger partial charge < -0.3 is 20.5 Å². The Morgan fingerprint density at radius 2 is 1.71 bits per heavy atom. The number of carbonyl (C=O) groups is 4. The molecule has 4 rings (SSSR count). The van der Waals surface area contributed by atoms with Gasteiger partial charge in [0.05, 0.1) is 6.42 Å². The first kappa shape index (κ1) is 23.2. The van der Waals surface area contributed by atoms with E-state index in [1.807, 2.05) is 48.5 Å². The molecule has 0 radical (unpaired) electrons. The van der Waals surface area contributed by atoms with E-state index in [9.17, 15) is 24.3 Å². The molecule has 1 aromatic heterocycles. The van der Waals surface area contributed by atoms with Crippen LogP contribution in [0.2, 0.25) is 0 Å². The molecule has 0 saturated heterocycles. The number of hydrogen-bond acceptors (Lipinski definition) is 6. The molecule has 0 aliphatic heterocycles. The number of carboxylic acids is 1. The number of ether oxygens (including phenoxy) is 1. The monoisotopic (exact) mass is 478 g/mol. The Morgan fingerprint density at radius 1 is 1.09 bits per heavy atom. The third-order valence-corrected chi connectivity index (χ3v) is 6.56. The third-order valence-electron chi connectivity index (χ3n) is 5.58. The highest BCUT2D eigenvalue weighted by Crippen LogP contribution is 2.44. The zero-order chi connectivity index (χ0) is 24.2. The van der Waals surface area contributed by atoms with Gasteiger partial charge in [-0.05, 0) is 35.2 Å². The molecule has 3 N–H and O–H groups in total. The number of rotatable bonds is 8. The molecular formula is C25H22N2O6S. The minimum atomic E-state index is -1.38. The minimum Gasteiger partial charge on any atom is -0.481 e. The number of carboxylic acid groups (broad SMARTS) is 1. The van der Waals surface area contributed by atoms with Gasteiger partial charge in [-0.3, -0.25) is 14.4 Å². The number of benzene rings is 2. The van der Waals surface area contributed by atoms with E-state index in [0.29, 0.717) is 11.3 Å². The van der Waals surface area contributed by atoms with Crippen molar-refractivity contribution in [2.24, 2.45) is 0 Å². The smallest absolute Gasteiger partial charge is 0.407 e. The van der Waals surface area contributed by atoms with Gasteiger partial charge in [-0.1, -0.05) is 48.5 Å². The second-order valence-corrected chi connectivity index (χ2v) is 9.13. The second kappa shape index (κ2) is 9.88. The van der Waals surface area contributed by atoms with E-state index < -0.39 is 30.4 Å². The van der Waals surface area contributed by atoms with E-state index in [1.165, 1.54) is 11.3 Å². The van der Waals surface area contributed by atoms with Crippen molar-refractivity contribution in [1.82, 2.24) is 5.32 Å². The fourth-order valence-corrected chi connectivity index (χ4v) is 4.97. The minimum absolute atomic E-state index is 0.0285. The second-order valence-electron chi connectivity index (χ2n) is 7.87. The van der Waals surface area contributed by atoms with Crippen LogP contribution in [0, 0.1) is 6.92 Å². The topological polar surface area (TPSA) is 122 Å². The summed E-state index contributed by atoms with van der Waals surface area (Å²) in [4.78, 5) is 48.5. The number of aliphatic carboxylic acids is 1. The molecule has 0 spiro atoms. The predicted octanol–water partition coefficient (Wildman–Crippen LogP) is 4.19. The Morgan fingerprint density at radius 3 is 2.29 bits per heavy atom. The first-order chi connectivity index (χ1) is 16.4. The molecule has 0 fully saturated rings. The average Bonchev–Trinajstić information content (AvgIpc) is 3.33. The molecule has 34 heavy (non-hydrogen) atoms. The summed E-state index contributed by atoms with van der Waals surface area (Å²) >= 11 is 1.18. The first-order valence-corrected chi connectivity index (χ1v) is 11.4. The van der Waals surface area contributed by atoms with Crippen molar-refractivity contribution in [2.45, 2.75) is 25.3 Å². The molecule has 174 valence electrons. The third kappa shape index (κ3) is 4.84. The van der Waals surface area contributed by atoms with Gasteiger partial charge in [-0.25, -0.2) is 4.79 Å². The van der Waals surface area contributed by atoms with Crippen LogP contribution in [0.5, 0.6) is 0 Å². The SMILES string of the molecule is Cc1cc(C=O)c(NC(=O)C(CC(=O)O)NC(=O)OCC2c3ccccc3-c3ccccc32)s1. The lowest BCUT2D eigenvalue weighted by atomic mass is 9.98. The van der Waals surface area contributed by atoms with E-state index in [1.54, 1.807) is 13.0 Å². The van der Waals surface area contributed by atoms with Gasteiger partial charge in [0, 0.05) is 16.4 Å². The van der Waals surface area contributed by atoms with Crippen LogP contribution in [-0.4, -0.2) is 42.0 Å². The van der Waals surface area contributed by atoms with Crippen molar-refractivity contribution >= 4 is 40.6 Å². The molecular weight excluding hydrogens is 456 g/mol. The maximum Gasteiger partial charge on any atom is 0.407 e. The van der Waals surface area contributed by atoms with Crippen LogP contribution >= 0.6 is 11.3 Å². The molecule has 1 heterocycles. The van der Waals surface area contributed by atoms with Crippen molar-refractivity contribution in [1.29, 1.82) is 0 Å². The number of fused-ring (bicyclic) bond motifs is 3. The van der Waals surface area contributed by atoms with Gasteiger partial charge in [0.25, 0.3) is 0 Å². The van der Waals surface area contributed by atoms with Crippen molar-refractivity contribution < 1.29 is 29.0 Å². The standard InChI is InChI=1S/C25H22N2O6S/c1-14-10-15(12-28)24(34-14)27-23(31)21(11-22(29)30)26-25(32)33-13-20-18-8-4-2-6-16(18)17-7-3-5-9-19(17)20/h2-10,12,20-21H,11,13H2,1H3,(H,26,32)(H,27,31)(H,29,30). The van der Waals surface area contributed by atoms with Crippen molar-refractivity contribution in [3.63, 3.8) is 0 Å². The molecule has 2 aromatic carbocycles. The predicted molar refractivity (Wildman–Crippen MR) is 127 cm³/mol. The summed E-state index contributed by atoms with van der Waals surface area (Å²) in [5.41, 5.74) is 4.50. The molecule has 2 amide bonds. The quantitative estimate of drug-likeness (QED) is 0.418. The van der Waals surface area contributed by atoms with Gasteiger partial charge >= 0.3 is 12.1 Å². The van der Waals surface area contributed by atoms with E-state index in [-0.39, 0.29) is 18.1 Å². The Labute approximate surface area is 199 Å². The first-order valence-electron chi connectivity index (χ1n) is 10.6. The Kier molecular flexibility index (Phi) is 6.74. The lowest BCUT2D eigenvalue weighted by molar-refractivity contribution is -0.139. The summed E-state index contributed by atoms with van der Waals surface area (Å²) in [6, 6.07) is 16.0. The number of alkyl carbamates (subject to hydrolysis) is 1. The molecule has 9 heteroatoms. The summed E-state index contributed by atoms with van der Waals surface area (Å²) in [6.07, 6.45) is -0.942. The summed E-state index contributed by atoms with van der Waals surface area (Å²) < 4.78 is 5.42. The van der Waals surface area contributed by atoms with E-state index in [0.717, 1.165) is 27.1 Å². The molecule has 1 atom stereocenters. The van der Waals surface area contributed by atoms with Gasteiger partial charge in [0.15, 0.2) is 6.29 Å². The Balaban J connectivity index is 1.44. The number of hydrogen-bond donors (Lipinski definition) is 3. The van der Waals surface area contributed by atoms with Gasteiger partial charge in [-0.2, -0.15) is 0 Å². The zero-order valence-corrected chi connectivity index (χ0v) is 19.1. The van der Waals surface area contributed by atoms with Crippen molar-refractivity contribution in [2.75, 3.05) is 11.9 Å². The fourth-order valence-electron chi connectivity index (χ4n) is 4.08. The summed E-state index contributed by atoms with van der Waals surface area (Å²) in [6.45, 7) is 1.80.